The number of halogens is 2. The fourth-order valence-corrected chi connectivity index (χ4v) is 7.85. The number of nitrogens with one attached hydrogen (secondary N) is 2. The van der Waals surface area contributed by atoms with E-state index in [9.17, 15) is 57.4 Å². The van der Waals surface area contributed by atoms with Gasteiger partial charge in [0.25, 0.3) is 0 Å². The molecule has 3 aromatic carbocycles. The lowest BCUT2D eigenvalue weighted by atomic mass is 9.84. The molecule has 3 amide bonds. The molecule has 1 aliphatic rings. The summed E-state index contributed by atoms with van der Waals surface area (Å²) < 4.78 is 33.6. The Hall–Kier alpha value is -6.91. The zero-order chi connectivity index (χ0) is 47.7. The van der Waals surface area contributed by atoms with Gasteiger partial charge in [0.15, 0.2) is 34.7 Å². The van der Waals surface area contributed by atoms with Crippen LogP contribution >= 0.6 is 0 Å². The van der Waals surface area contributed by atoms with Crippen molar-refractivity contribution >= 4 is 57.9 Å². The average molecular weight is 899 g/mol. The second-order valence-corrected chi connectivity index (χ2v) is 16.9. The van der Waals surface area contributed by atoms with E-state index < -0.39 is 132 Å². The number of rotatable bonds is 21. The number of ether oxygens (including phenoxy) is 1. The molecule has 0 unspecified atom stereocenters. The van der Waals surface area contributed by atoms with Crippen molar-refractivity contribution in [1.29, 1.82) is 0 Å². The molecule has 17 heteroatoms. The number of ketones is 3. The van der Waals surface area contributed by atoms with E-state index in [4.69, 9.17) is 4.74 Å². The number of Topliss-reactive ketones (excluding diaryl/α,β-unsaturated/α-hetero) is 3. The minimum atomic E-state index is -1.76. The lowest BCUT2D eigenvalue weighted by molar-refractivity contribution is -0.148. The fraction of sp³-hybridized carbons (Fsp3) is 0.396. The van der Waals surface area contributed by atoms with E-state index in [0.717, 1.165) is 29.1 Å². The van der Waals surface area contributed by atoms with Crippen LogP contribution in [0.1, 0.15) is 86.6 Å². The summed E-state index contributed by atoms with van der Waals surface area (Å²) in [7, 11) is 0. The second-order valence-electron chi connectivity index (χ2n) is 16.9. The first-order valence-corrected chi connectivity index (χ1v) is 21.2. The van der Waals surface area contributed by atoms with E-state index in [1.807, 2.05) is 25.1 Å². The van der Waals surface area contributed by atoms with E-state index in [0.29, 0.717) is 16.6 Å². The Morgan fingerprint density at radius 2 is 1.38 bits per heavy atom. The van der Waals surface area contributed by atoms with Crippen molar-refractivity contribution in [3.8, 4) is 5.75 Å². The van der Waals surface area contributed by atoms with Crippen molar-refractivity contribution in [2.24, 2.45) is 23.7 Å². The van der Waals surface area contributed by atoms with E-state index in [2.05, 4.69) is 15.6 Å². The first-order chi connectivity index (χ1) is 30.7. The molecule has 0 saturated carbocycles. The molecule has 0 aliphatic carbocycles. The maximum atomic E-state index is 14.7. The molecule has 344 valence electrons. The van der Waals surface area contributed by atoms with Gasteiger partial charge in [-0.1, -0.05) is 81.8 Å². The van der Waals surface area contributed by atoms with Crippen LogP contribution in [-0.4, -0.2) is 92.3 Å². The number of fused-ring (bicyclic) bond motifs is 2. The number of carbonyl (C=O) groups is 8. The summed E-state index contributed by atoms with van der Waals surface area (Å²) in [5.41, 5.74) is 2.60. The van der Waals surface area contributed by atoms with Crippen LogP contribution in [0.2, 0.25) is 0 Å². The third-order valence-electron chi connectivity index (χ3n) is 11.5. The quantitative estimate of drug-likeness (QED) is 0.0751. The molecule has 5 rings (SSSR count). The van der Waals surface area contributed by atoms with Gasteiger partial charge in [0.05, 0.1) is 24.4 Å². The Balaban J connectivity index is 1.37. The van der Waals surface area contributed by atoms with Crippen LogP contribution < -0.4 is 15.4 Å². The first kappa shape index (κ1) is 49.1. The van der Waals surface area contributed by atoms with Gasteiger partial charge in [-0.15, -0.1) is 0 Å². The van der Waals surface area contributed by atoms with Crippen molar-refractivity contribution in [2.45, 2.75) is 84.8 Å². The van der Waals surface area contributed by atoms with Crippen LogP contribution in [0.15, 0.2) is 72.8 Å². The summed E-state index contributed by atoms with van der Waals surface area (Å²) in [6.07, 6.45) is -2.35. The van der Waals surface area contributed by atoms with Crippen LogP contribution in [-0.2, 0) is 40.0 Å². The lowest BCUT2D eigenvalue weighted by Gasteiger charge is -2.39. The maximum absolute atomic E-state index is 14.7. The van der Waals surface area contributed by atoms with Gasteiger partial charge in [0, 0.05) is 36.6 Å². The van der Waals surface area contributed by atoms with Gasteiger partial charge >= 0.3 is 11.9 Å². The van der Waals surface area contributed by atoms with E-state index in [1.165, 1.54) is 4.90 Å². The third kappa shape index (κ3) is 12.4. The van der Waals surface area contributed by atoms with Crippen molar-refractivity contribution in [3.05, 3.63) is 107 Å². The van der Waals surface area contributed by atoms with Crippen LogP contribution in [0.3, 0.4) is 0 Å². The number of carboxylic acids is 2. The number of aryl methyl sites for hydroxylation is 1. The molecule has 5 atom stereocenters. The SMILES string of the molecule is Cc1ccc2c(c1)CCN(C(=O)[C@@H](CC(=O)[C@H](CC(=O)O)NC(=O)[C@@H](CC(=O)c1ccc3ccccc3n1)C(C)C)C(C)C)[C@@H]2C(=O)N[C@@H](CC(=O)O)C(=O)COc1c(F)cccc1F. The molecule has 4 N–H and O–H groups in total. The summed E-state index contributed by atoms with van der Waals surface area (Å²) in [4.78, 5) is 113. The highest BCUT2D eigenvalue weighted by atomic mass is 19.1. The van der Waals surface area contributed by atoms with Crippen molar-refractivity contribution in [2.75, 3.05) is 13.2 Å². The molecule has 4 aromatic rings. The van der Waals surface area contributed by atoms with E-state index in [1.54, 1.807) is 64.1 Å². The predicted octanol–water partition coefficient (Wildman–Crippen LogP) is 5.59. The number of aromatic nitrogens is 1. The average Bonchev–Trinajstić information content (AvgIpc) is 3.24. The standard InChI is InChI=1S/C48H52F2N4O11/c1-25(2)31(20-39(55)36-16-14-28-9-6-7-12-35(28)51-36)46(62)52-37(22-42(58)59)40(56)21-32(26(3)4)48(64)54-18-17-29-19-27(5)13-15-30(29)44(54)47(63)53-38(23-43(60)61)41(57)24-65-45-33(49)10-8-11-34(45)50/h6-16,19,25-26,31-32,37-38,44H,17-18,20-24H2,1-5H3,(H,52,62)(H,53,63)(H,58,59)(H,60,61)/t31-,32-,37-,38-,44-/m0/s1. The molecule has 0 fully saturated rings. The molecule has 15 nitrogen and oxygen atoms in total. The summed E-state index contributed by atoms with van der Waals surface area (Å²) in [6, 6.07) is 13.7. The molecular weight excluding hydrogens is 847 g/mol. The topological polar surface area (TPSA) is 226 Å². The molecule has 2 heterocycles. The maximum Gasteiger partial charge on any atom is 0.305 e. The number of amides is 3. The number of nitrogens with zero attached hydrogens (tertiary/aromatic N) is 2. The molecule has 65 heavy (non-hydrogen) atoms. The van der Waals surface area contributed by atoms with E-state index in [-0.39, 0.29) is 25.1 Å². The summed E-state index contributed by atoms with van der Waals surface area (Å²) in [5, 5.41) is 25.3. The highest BCUT2D eigenvalue weighted by molar-refractivity contribution is 6.01. The predicted molar refractivity (Wildman–Crippen MR) is 232 cm³/mol. The molecule has 1 aromatic heterocycles. The zero-order valence-electron chi connectivity index (χ0n) is 36.6. The van der Waals surface area contributed by atoms with Crippen molar-refractivity contribution in [1.82, 2.24) is 20.5 Å². The Morgan fingerprint density at radius 1 is 0.754 bits per heavy atom. The Kier molecular flexibility index (Phi) is 16.4. The Morgan fingerprint density at radius 3 is 2.02 bits per heavy atom. The van der Waals surface area contributed by atoms with E-state index >= 15 is 0 Å². The number of hydrogen-bond donors (Lipinski definition) is 4. The molecule has 0 spiro atoms. The fourth-order valence-electron chi connectivity index (χ4n) is 7.85. The number of aliphatic carboxylic acids is 2. The summed E-state index contributed by atoms with van der Waals surface area (Å²) in [6.45, 7) is 7.47. The molecule has 0 bridgehead atoms. The third-order valence-corrected chi connectivity index (χ3v) is 11.5. The van der Waals surface area contributed by atoms with Gasteiger partial charge in [0.2, 0.25) is 17.7 Å². The highest BCUT2D eigenvalue weighted by Gasteiger charge is 2.42. The van der Waals surface area contributed by atoms with Crippen LogP contribution in [0.4, 0.5) is 8.78 Å². The number of carbonyl (C=O) groups excluding carboxylic acids is 6. The van der Waals surface area contributed by atoms with Gasteiger partial charge in [-0.2, -0.15) is 0 Å². The Bertz CT molecular complexity index is 2470. The van der Waals surface area contributed by atoms with Gasteiger partial charge in [0.1, 0.15) is 24.4 Å². The van der Waals surface area contributed by atoms with Gasteiger partial charge in [-0.05, 0) is 60.6 Å². The minimum Gasteiger partial charge on any atom is -0.481 e. The van der Waals surface area contributed by atoms with Gasteiger partial charge in [-0.3, -0.25) is 38.4 Å². The lowest BCUT2D eigenvalue weighted by Crippen LogP contribution is -2.54. The second kappa shape index (κ2) is 21.6. The number of para-hydroxylation sites is 2. The summed E-state index contributed by atoms with van der Waals surface area (Å²) >= 11 is 0. The molecule has 0 saturated heterocycles. The van der Waals surface area contributed by atoms with Crippen LogP contribution in [0, 0.1) is 42.2 Å². The number of carboxylic acid groups (broad SMARTS) is 2. The van der Waals surface area contributed by atoms with Gasteiger partial charge in [-0.25, -0.2) is 13.8 Å². The van der Waals surface area contributed by atoms with Crippen LogP contribution in [0.5, 0.6) is 5.75 Å². The number of benzene rings is 3. The zero-order valence-corrected chi connectivity index (χ0v) is 36.6. The molecular formula is C48H52F2N4O11. The minimum absolute atomic E-state index is 0.0521. The van der Waals surface area contributed by atoms with Crippen molar-refractivity contribution < 1.29 is 62.1 Å². The highest BCUT2D eigenvalue weighted by Crippen LogP contribution is 2.34. The smallest absolute Gasteiger partial charge is 0.305 e. The van der Waals surface area contributed by atoms with Crippen molar-refractivity contribution in [3.63, 3.8) is 0 Å². The first-order valence-electron chi connectivity index (χ1n) is 21.2. The Labute approximate surface area is 373 Å². The number of pyridine rings is 1. The molecule has 1 aliphatic heterocycles. The normalized spacial score (nSPS) is 15.3. The monoisotopic (exact) mass is 898 g/mol. The number of hydrogen-bond acceptors (Lipinski definition) is 10. The van der Waals surface area contributed by atoms with Gasteiger partial charge < -0.3 is 30.5 Å². The van der Waals surface area contributed by atoms with Crippen LogP contribution in [0.25, 0.3) is 10.9 Å². The largest absolute Gasteiger partial charge is 0.481 e. The summed E-state index contributed by atoms with van der Waals surface area (Å²) in [5.74, 6) is -13.8. The molecule has 0 radical (unpaired) electrons.